The molecule has 0 bridgehead atoms. The smallest absolute Gasteiger partial charge is 1.00 e. The van der Waals surface area contributed by atoms with Crippen molar-refractivity contribution in [1.29, 1.82) is 0 Å². The second-order valence-electron chi connectivity index (χ2n) is 0. The summed E-state index contributed by atoms with van der Waals surface area (Å²) in [5.41, 5.74) is 0. The minimum Gasteiger partial charge on any atom is -1.00 e. The van der Waals surface area contributed by atoms with E-state index in [4.69, 9.17) is 0 Å². The molecular formula is Br10CrTi4+9. The molecule has 0 aliphatic carbocycles. The van der Waals surface area contributed by atoms with Crippen molar-refractivity contribution >= 4 is 0 Å². The SMILES string of the molecule is [Br-].[Br-].[Br-].[Br-].[Br-].[Br-].[Br-].[Br-].[Br-].[Br-].[Cr+3].[Ti+4].[Ti+4].[Ti+4].[Ti+4]. The molecule has 0 aromatic heterocycles. The first kappa shape index (κ1) is 170. The van der Waals surface area contributed by atoms with Crippen LogP contribution >= 0.6 is 0 Å². The van der Waals surface area contributed by atoms with Crippen LogP contribution in [0.1, 0.15) is 0 Å². The van der Waals surface area contributed by atoms with E-state index in [1.165, 1.54) is 0 Å². The van der Waals surface area contributed by atoms with E-state index in [0.717, 1.165) is 0 Å². The van der Waals surface area contributed by atoms with Crippen LogP contribution in [0.15, 0.2) is 0 Å². The van der Waals surface area contributed by atoms with Gasteiger partial charge in [-0.15, -0.1) is 0 Å². The quantitative estimate of drug-likeness (QED) is 0.212. The molecule has 0 saturated carbocycles. The Morgan fingerprint density at radius 3 is 0.200 bits per heavy atom. The number of halogens is 10. The molecule has 0 aliphatic heterocycles. The van der Waals surface area contributed by atoms with Gasteiger partial charge < -0.3 is 170 Å². The Morgan fingerprint density at radius 2 is 0.200 bits per heavy atom. The molecule has 0 amide bonds. The fraction of sp³-hybridized carbons (Fsp3) is 0. The van der Waals surface area contributed by atoms with Gasteiger partial charge >= 0.3 is 104 Å². The molecule has 0 rings (SSSR count). The van der Waals surface area contributed by atoms with E-state index in [9.17, 15) is 0 Å². The molecule has 0 aliphatic rings. The van der Waals surface area contributed by atoms with E-state index in [1.54, 1.807) is 0 Å². The molecule has 0 saturated heterocycles. The average Bonchev–Trinajstić information content (AvgIpc) is 0. The third kappa shape index (κ3) is 135. The maximum absolute atomic E-state index is 0. The first-order valence-electron chi connectivity index (χ1n) is 0. The third-order valence-electron chi connectivity index (χ3n) is 0. The zero-order chi connectivity index (χ0) is 0. The fourth-order valence-electron chi connectivity index (χ4n) is 0. The summed E-state index contributed by atoms with van der Waals surface area (Å²) in [6, 6.07) is 0. The molecule has 0 unspecified atom stereocenters. The van der Waals surface area contributed by atoms with Gasteiger partial charge in [0.15, 0.2) is 0 Å². The fourth-order valence-corrected chi connectivity index (χ4v) is 0. The van der Waals surface area contributed by atoms with Gasteiger partial charge in [-0.05, 0) is 0 Å². The molecule has 0 atom stereocenters. The van der Waals surface area contributed by atoms with E-state index in [-0.39, 0.29) is 274 Å². The molecule has 1 radical (unpaired) electrons. The minimum atomic E-state index is 0. The van der Waals surface area contributed by atoms with Crippen LogP contribution in [0, 0.1) is 0 Å². The largest absolute Gasteiger partial charge is 4.00 e. The Balaban J connectivity index is 0. The predicted molar refractivity (Wildman–Crippen MR) is 0 cm³/mol. The number of hydrogen-bond donors (Lipinski definition) is 0. The van der Waals surface area contributed by atoms with E-state index in [2.05, 4.69) is 0 Å². The Kier molecular flexibility index (Phi) is 1690. The molecule has 0 aromatic carbocycles. The van der Waals surface area contributed by atoms with Gasteiger partial charge in [0.1, 0.15) is 0 Å². The predicted octanol–water partition coefficient (Wildman–Crippen LogP) is -30.0. The summed E-state index contributed by atoms with van der Waals surface area (Å²) in [7, 11) is 0. The Hall–Kier alpha value is 8.19. The maximum atomic E-state index is 0. The van der Waals surface area contributed by atoms with Crippen LogP contribution in [0.2, 0.25) is 0 Å². The first-order valence-corrected chi connectivity index (χ1v) is 0. The summed E-state index contributed by atoms with van der Waals surface area (Å²) in [6.45, 7) is 0. The van der Waals surface area contributed by atoms with Gasteiger partial charge in [0, 0.05) is 0 Å². The summed E-state index contributed by atoms with van der Waals surface area (Å²) < 4.78 is 0. The topological polar surface area (TPSA) is 0 Å². The zero-order valence-electron chi connectivity index (χ0n) is 6.19. The first-order chi connectivity index (χ1) is 0. The zero-order valence-corrected chi connectivity index (χ0v) is 29.6. The maximum Gasteiger partial charge on any atom is 4.00 e. The summed E-state index contributed by atoms with van der Waals surface area (Å²) in [6.07, 6.45) is 0. The van der Waals surface area contributed by atoms with Crippen LogP contribution < -0.4 is 170 Å². The Bertz CT molecular complexity index is 17.4. The Labute approximate surface area is 267 Å². The van der Waals surface area contributed by atoms with Crippen molar-refractivity contribution in [3.63, 3.8) is 0 Å². The van der Waals surface area contributed by atoms with Gasteiger partial charge in [-0.25, -0.2) is 0 Å². The van der Waals surface area contributed by atoms with E-state index in [0.29, 0.717) is 0 Å². The van der Waals surface area contributed by atoms with Crippen LogP contribution in [0.4, 0.5) is 0 Å². The molecule has 83 valence electrons. The molecular weight excluding hydrogens is 1040 g/mol. The van der Waals surface area contributed by atoms with E-state index < -0.39 is 0 Å². The van der Waals surface area contributed by atoms with Crippen LogP contribution in [-0.4, -0.2) is 0 Å². The molecule has 0 N–H and O–H groups in total. The van der Waals surface area contributed by atoms with Gasteiger partial charge in [-0.1, -0.05) is 0 Å². The molecule has 0 spiro atoms. The van der Waals surface area contributed by atoms with Crippen molar-refractivity contribution in [2.45, 2.75) is 0 Å². The molecule has 0 nitrogen and oxygen atoms in total. The standard InChI is InChI=1S/10BrH.Cr.4Ti/h10*1H;;;;;/q;;;;;;;;;;+3;4*+4/p-10. The van der Waals surface area contributed by atoms with Gasteiger partial charge in [-0.2, -0.15) is 0 Å². The van der Waals surface area contributed by atoms with Crippen molar-refractivity contribution in [2.24, 2.45) is 0 Å². The van der Waals surface area contributed by atoms with Crippen LogP contribution in [0.5, 0.6) is 0 Å². The van der Waals surface area contributed by atoms with Crippen molar-refractivity contribution < 1.29 is 274 Å². The molecule has 0 heterocycles. The number of rotatable bonds is 0. The van der Waals surface area contributed by atoms with Crippen LogP contribution in [0.3, 0.4) is 0 Å². The van der Waals surface area contributed by atoms with E-state index in [1.807, 2.05) is 0 Å². The summed E-state index contributed by atoms with van der Waals surface area (Å²) in [5, 5.41) is 0. The molecule has 15 heavy (non-hydrogen) atoms. The summed E-state index contributed by atoms with van der Waals surface area (Å²) in [5.74, 6) is 0. The normalized spacial score (nSPS) is 0. The summed E-state index contributed by atoms with van der Waals surface area (Å²) >= 11 is 0. The molecule has 0 fully saturated rings. The van der Waals surface area contributed by atoms with Crippen LogP contribution in [0.25, 0.3) is 0 Å². The van der Waals surface area contributed by atoms with Crippen molar-refractivity contribution in [1.82, 2.24) is 0 Å². The summed E-state index contributed by atoms with van der Waals surface area (Å²) in [4.78, 5) is 0. The molecule has 15 heteroatoms. The van der Waals surface area contributed by atoms with Crippen LogP contribution in [-0.2, 0) is 104 Å². The second kappa shape index (κ2) is 149. The molecule has 0 aromatic rings. The van der Waals surface area contributed by atoms with Crippen molar-refractivity contribution in [3.05, 3.63) is 0 Å². The van der Waals surface area contributed by atoms with E-state index >= 15 is 0 Å². The third-order valence-corrected chi connectivity index (χ3v) is 0. The average molecular weight is 1040 g/mol. The van der Waals surface area contributed by atoms with Gasteiger partial charge in [0.25, 0.3) is 0 Å². The Morgan fingerprint density at radius 1 is 0.200 bits per heavy atom. The van der Waals surface area contributed by atoms with Crippen molar-refractivity contribution in [3.8, 4) is 0 Å². The second-order valence-corrected chi connectivity index (χ2v) is 0. The monoisotopic (exact) mass is 1030 g/mol. The van der Waals surface area contributed by atoms with Crippen molar-refractivity contribution in [2.75, 3.05) is 0 Å². The van der Waals surface area contributed by atoms with Gasteiger partial charge in [-0.3, -0.25) is 0 Å². The minimum absolute atomic E-state index is 0. The number of hydrogen-bond acceptors (Lipinski definition) is 0. The van der Waals surface area contributed by atoms with Gasteiger partial charge in [0.2, 0.25) is 0 Å². The van der Waals surface area contributed by atoms with Gasteiger partial charge in [0.05, 0.1) is 0 Å².